The van der Waals surface area contributed by atoms with E-state index in [-0.39, 0.29) is 46.3 Å². The first-order valence-corrected chi connectivity index (χ1v) is 25.0. The number of hydrogen-bond acceptors (Lipinski definition) is 8. The lowest BCUT2D eigenvalue weighted by Gasteiger charge is -2.34. The van der Waals surface area contributed by atoms with Crippen LogP contribution >= 0.6 is 0 Å². The Morgan fingerprint density at radius 1 is 0.539 bits per heavy atom. The Hall–Kier alpha value is -7.81. The van der Waals surface area contributed by atoms with Crippen LogP contribution in [0.1, 0.15) is 97.4 Å². The second-order valence-corrected chi connectivity index (χ2v) is 18.8. The van der Waals surface area contributed by atoms with E-state index in [4.69, 9.17) is 5.11 Å². The molecule has 0 bridgehead atoms. The molecule has 76 heavy (non-hydrogen) atoms. The van der Waals surface area contributed by atoms with Crippen LogP contribution in [0.25, 0.3) is 22.3 Å². The zero-order valence-corrected chi connectivity index (χ0v) is 41.6. The highest BCUT2D eigenvalue weighted by Crippen LogP contribution is 2.38. The number of aromatic carboxylic acids is 1. The van der Waals surface area contributed by atoms with Crippen molar-refractivity contribution in [2.45, 2.75) is 102 Å². The van der Waals surface area contributed by atoms with Gasteiger partial charge in [-0.1, -0.05) is 74.9 Å². The number of alkyl halides is 6. The van der Waals surface area contributed by atoms with Crippen LogP contribution in [0.15, 0.2) is 109 Å². The Morgan fingerprint density at radius 3 is 1.37 bits per heavy atom. The molecule has 0 atom stereocenters. The summed E-state index contributed by atoms with van der Waals surface area (Å²) in [7, 11) is 0. The molecule has 2 aliphatic carbocycles. The summed E-state index contributed by atoms with van der Waals surface area (Å²) in [4.78, 5) is 64.5. The summed E-state index contributed by atoms with van der Waals surface area (Å²) in [6, 6.07) is 26.0. The number of carboxylic acid groups (broad SMARTS) is 1. The number of nitrogens with zero attached hydrogens (tertiary/aromatic N) is 2. The highest BCUT2D eigenvalue weighted by molar-refractivity contribution is 6.04. The Bertz CT molecular complexity index is 2790. The van der Waals surface area contributed by atoms with E-state index in [2.05, 4.69) is 41.0 Å². The number of rotatable bonds is 13. The number of anilines is 3. The average molecular weight is 1060 g/mol. The molecule has 21 heteroatoms. The molecule has 0 aromatic heterocycles. The van der Waals surface area contributed by atoms with Crippen LogP contribution in [0.3, 0.4) is 0 Å². The summed E-state index contributed by atoms with van der Waals surface area (Å²) in [5.74, 6) is -2.32. The van der Waals surface area contributed by atoms with Gasteiger partial charge in [0.15, 0.2) is 0 Å². The third-order valence-corrected chi connectivity index (χ3v) is 13.1. The number of nitrogens with one attached hydrogen (secondary N) is 5. The molecule has 15 nitrogen and oxygen atoms in total. The maximum Gasteiger partial charge on any atom is 0.573 e. The van der Waals surface area contributed by atoms with Crippen LogP contribution in [-0.2, 0) is 11.3 Å². The van der Waals surface area contributed by atoms with E-state index in [1.54, 1.807) is 6.92 Å². The number of carbonyl (C=O) groups is 5. The quantitative estimate of drug-likeness (QED) is 0.0623. The van der Waals surface area contributed by atoms with E-state index in [0.29, 0.717) is 41.2 Å². The first kappa shape index (κ1) is 55.9. The number of carbonyl (C=O) groups excluding carboxylic acids is 4. The van der Waals surface area contributed by atoms with Crippen LogP contribution in [0.5, 0.6) is 11.5 Å². The molecule has 6 amide bonds. The minimum absolute atomic E-state index is 0.00169. The van der Waals surface area contributed by atoms with E-state index >= 15 is 0 Å². The van der Waals surface area contributed by atoms with Crippen molar-refractivity contribution in [1.82, 2.24) is 20.4 Å². The van der Waals surface area contributed by atoms with Gasteiger partial charge in [0.05, 0.1) is 5.56 Å². The fourth-order valence-electron chi connectivity index (χ4n) is 9.26. The van der Waals surface area contributed by atoms with Gasteiger partial charge in [-0.15, -0.1) is 26.3 Å². The topological polar surface area (TPSA) is 191 Å². The van der Waals surface area contributed by atoms with Crippen LogP contribution in [0.2, 0.25) is 0 Å². The summed E-state index contributed by atoms with van der Waals surface area (Å²) in [6.45, 7) is 5.34. The third kappa shape index (κ3) is 17.1. The molecule has 0 radical (unpaired) electrons. The van der Waals surface area contributed by atoms with Gasteiger partial charge in [-0.05, 0) is 115 Å². The van der Waals surface area contributed by atoms with E-state index in [1.807, 2.05) is 29.2 Å². The van der Waals surface area contributed by atoms with E-state index in [1.165, 1.54) is 72.8 Å². The summed E-state index contributed by atoms with van der Waals surface area (Å²) < 4.78 is 86.4. The zero-order valence-electron chi connectivity index (χ0n) is 41.6. The van der Waals surface area contributed by atoms with Gasteiger partial charge in [-0.25, -0.2) is 14.4 Å². The lowest BCUT2D eigenvalue weighted by molar-refractivity contribution is -0.275. The predicted molar refractivity (Wildman–Crippen MR) is 274 cm³/mol. The van der Waals surface area contributed by atoms with Gasteiger partial charge in [0, 0.05) is 85.5 Å². The summed E-state index contributed by atoms with van der Waals surface area (Å²) >= 11 is 0. The largest absolute Gasteiger partial charge is 0.573 e. The van der Waals surface area contributed by atoms with Crippen LogP contribution < -0.4 is 36.1 Å². The zero-order chi connectivity index (χ0) is 54.4. The lowest BCUT2D eigenvalue weighted by atomic mass is 9.96. The summed E-state index contributed by atoms with van der Waals surface area (Å²) in [6.07, 6.45) is 0.226. The first-order chi connectivity index (χ1) is 36.2. The predicted octanol–water partition coefficient (Wildman–Crippen LogP) is 12.0. The average Bonchev–Trinajstić information content (AvgIpc) is 3.38. The fourth-order valence-corrected chi connectivity index (χ4v) is 9.26. The minimum Gasteiger partial charge on any atom is -0.478 e. The highest BCUT2D eigenvalue weighted by Gasteiger charge is 2.34. The van der Waals surface area contributed by atoms with Crippen molar-refractivity contribution in [3.63, 3.8) is 0 Å². The minimum atomic E-state index is -4.91. The molecule has 6 N–H and O–H groups in total. The molecule has 0 unspecified atom stereocenters. The van der Waals surface area contributed by atoms with Crippen molar-refractivity contribution in [3.8, 4) is 33.8 Å². The van der Waals surface area contributed by atoms with Gasteiger partial charge < -0.3 is 46.1 Å². The molecule has 1 saturated heterocycles. The van der Waals surface area contributed by atoms with Gasteiger partial charge in [-0.3, -0.25) is 14.5 Å². The maximum atomic E-state index is 13.2. The molecule has 5 aromatic rings. The molecule has 404 valence electrons. The molecule has 3 fully saturated rings. The highest BCUT2D eigenvalue weighted by atomic mass is 19.4. The maximum absolute atomic E-state index is 13.2. The number of urea groups is 2. The molecule has 5 aromatic carbocycles. The molecule has 1 aliphatic heterocycles. The molecule has 1 heterocycles. The number of benzene rings is 5. The van der Waals surface area contributed by atoms with Gasteiger partial charge in [-0.2, -0.15) is 0 Å². The molecule has 8 rings (SSSR count). The number of halogens is 6. The standard InChI is InChI=1S/C34H38F3N5O4.C21H21F3N2O4/c1-23(43)42-19-17-41(18-20-42)22-24-7-13-28(14-8-24)38-32(44)26-11-9-25(10-12-26)30-21-29(15-16-31(30)46-34(35,36)37)40-33(45)39-27-5-3-2-4-6-27;22-21(23,24)30-18-11-10-16(26-20(29)25-15-4-2-1-3-5-15)12-17(18)13-6-8-14(9-7-13)19(27)28/h7-16,21,27H,2-6,17-20,22H2,1H3,(H,38,44)(H2,39,40,45);6-12,15H,1-5H2,(H,27,28)(H2,25,26,29). The summed E-state index contributed by atoms with van der Waals surface area (Å²) in [5.41, 5.74) is 3.46. The van der Waals surface area contributed by atoms with Gasteiger partial charge in [0.1, 0.15) is 11.5 Å². The Morgan fingerprint density at radius 2 is 0.961 bits per heavy atom. The molecule has 2 saturated carbocycles. The fraction of sp³-hybridized carbons (Fsp3) is 0.364. The third-order valence-electron chi connectivity index (χ3n) is 13.1. The van der Waals surface area contributed by atoms with Crippen molar-refractivity contribution in [1.29, 1.82) is 0 Å². The second kappa shape index (κ2) is 25.6. The molecular weight excluding hydrogens is 1000 g/mol. The summed E-state index contributed by atoms with van der Waals surface area (Å²) in [5, 5.41) is 23.0. The van der Waals surface area contributed by atoms with Gasteiger partial charge in [0.25, 0.3) is 5.91 Å². The van der Waals surface area contributed by atoms with E-state index in [0.717, 1.165) is 102 Å². The molecular formula is C55H59F6N7O8. The Labute approximate surface area is 435 Å². The van der Waals surface area contributed by atoms with Crippen molar-refractivity contribution in [3.05, 3.63) is 126 Å². The smallest absolute Gasteiger partial charge is 0.478 e. The van der Waals surface area contributed by atoms with Gasteiger partial charge in [0.2, 0.25) is 5.91 Å². The Kier molecular flexibility index (Phi) is 18.9. The molecule has 3 aliphatic rings. The number of carboxylic acids is 1. The van der Waals surface area contributed by atoms with Crippen molar-refractivity contribution in [2.75, 3.05) is 42.1 Å². The lowest BCUT2D eigenvalue weighted by Crippen LogP contribution is -2.47. The second-order valence-electron chi connectivity index (χ2n) is 18.8. The van der Waals surface area contributed by atoms with E-state index in [9.17, 15) is 50.3 Å². The SMILES string of the molecule is CC(=O)N1CCN(Cc2ccc(NC(=O)c3ccc(-c4cc(NC(=O)NC5CCCCC5)ccc4OC(F)(F)F)cc3)cc2)CC1.O=C(Nc1ccc(OC(F)(F)F)c(-c2ccc(C(=O)O)cc2)c1)NC1CCCCC1. The Balaban J connectivity index is 0.000000242. The number of hydrogen-bond donors (Lipinski definition) is 6. The van der Waals surface area contributed by atoms with Crippen molar-refractivity contribution in [2.24, 2.45) is 0 Å². The first-order valence-electron chi connectivity index (χ1n) is 25.0. The van der Waals surface area contributed by atoms with Gasteiger partial charge >= 0.3 is 30.8 Å². The van der Waals surface area contributed by atoms with Crippen LogP contribution in [0, 0.1) is 0 Å². The number of amides is 6. The number of ether oxygens (including phenoxy) is 2. The van der Waals surface area contributed by atoms with Crippen molar-refractivity contribution < 1.29 is 64.9 Å². The number of piperazine rings is 1. The van der Waals surface area contributed by atoms with Crippen LogP contribution in [0.4, 0.5) is 53.0 Å². The monoisotopic (exact) mass is 1060 g/mol. The molecule has 0 spiro atoms. The van der Waals surface area contributed by atoms with E-state index < -0.39 is 42.3 Å². The van der Waals surface area contributed by atoms with Crippen molar-refractivity contribution >= 4 is 46.9 Å². The van der Waals surface area contributed by atoms with Crippen LogP contribution in [-0.4, -0.2) is 95.7 Å². The normalized spacial score (nSPS) is 15.5.